The molecule has 0 aromatic rings. The minimum atomic E-state index is -0.368. The van der Waals surface area contributed by atoms with E-state index in [0.717, 1.165) is 11.8 Å². The second-order valence-electron chi connectivity index (χ2n) is 7.41. The third kappa shape index (κ3) is 4.94. The van der Waals surface area contributed by atoms with Crippen molar-refractivity contribution in [1.82, 2.24) is 5.32 Å². The zero-order valence-corrected chi connectivity index (χ0v) is 14.2. The number of ether oxygens (including phenoxy) is 1. The van der Waals surface area contributed by atoms with Gasteiger partial charge in [0.2, 0.25) is 0 Å². The summed E-state index contributed by atoms with van der Waals surface area (Å²) in [6.07, 6.45) is 8.88. The Bertz CT molecular complexity index is 297. The van der Waals surface area contributed by atoms with Gasteiger partial charge in [0.1, 0.15) is 0 Å². The maximum atomic E-state index is 10.2. The van der Waals surface area contributed by atoms with Gasteiger partial charge < -0.3 is 15.2 Å². The largest absolute Gasteiger partial charge is 0.389 e. The minimum Gasteiger partial charge on any atom is -0.389 e. The molecule has 0 heterocycles. The fraction of sp³-hybridized carbons (Fsp3) is 1.00. The number of hydrogen-bond donors (Lipinski definition) is 2. The first-order valence-corrected chi connectivity index (χ1v) is 9.14. The summed E-state index contributed by atoms with van der Waals surface area (Å²) in [4.78, 5) is 0. The summed E-state index contributed by atoms with van der Waals surface area (Å²) < 4.78 is 6.02. The van der Waals surface area contributed by atoms with Crippen LogP contribution in [0.2, 0.25) is 0 Å². The van der Waals surface area contributed by atoms with Gasteiger partial charge in [-0.3, -0.25) is 0 Å². The van der Waals surface area contributed by atoms with Crippen LogP contribution in [-0.4, -0.2) is 36.5 Å². The molecule has 0 aromatic heterocycles. The Hall–Kier alpha value is -0.120. The average Bonchev–Trinajstić information content (AvgIpc) is 2.82. The number of nitrogens with one attached hydrogen (secondary N) is 1. The Morgan fingerprint density at radius 3 is 2.57 bits per heavy atom. The predicted molar refractivity (Wildman–Crippen MR) is 87.3 cm³/mol. The molecule has 124 valence electrons. The quantitative estimate of drug-likeness (QED) is 0.757. The number of aliphatic hydroxyl groups is 1. The first-order chi connectivity index (χ1) is 10.1. The van der Waals surface area contributed by atoms with Crippen LogP contribution in [0.3, 0.4) is 0 Å². The van der Waals surface area contributed by atoms with Crippen molar-refractivity contribution < 1.29 is 9.84 Å². The van der Waals surface area contributed by atoms with Crippen LogP contribution in [0.25, 0.3) is 0 Å². The molecule has 2 aliphatic rings. The van der Waals surface area contributed by atoms with Gasteiger partial charge in [-0.05, 0) is 43.4 Å². The van der Waals surface area contributed by atoms with E-state index in [1.165, 1.54) is 44.9 Å². The molecule has 3 nitrogen and oxygen atoms in total. The molecule has 6 atom stereocenters. The van der Waals surface area contributed by atoms with Crippen LogP contribution in [0.4, 0.5) is 0 Å². The molecule has 6 unspecified atom stereocenters. The zero-order chi connectivity index (χ0) is 15.2. The van der Waals surface area contributed by atoms with Crippen LogP contribution in [-0.2, 0) is 4.74 Å². The van der Waals surface area contributed by atoms with E-state index in [1.54, 1.807) is 0 Å². The molecule has 21 heavy (non-hydrogen) atoms. The maximum absolute atomic E-state index is 10.2. The lowest BCUT2D eigenvalue weighted by Crippen LogP contribution is -2.40. The Morgan fingerprint density at radius 1 is 1.14 bits per heavy atom. The van der Waals surface area contributed by atoms with E-state index in [1.807, 2.05) is 0 Å². The van der Waals surface area contributed by atoms with Crippen molar-refractivity contribution in [2.75, 3.05) is 13.2 Å². The molecule has 0 spiro atoms. The van der Waals surface area contributed by atoms with Crippen LogP contribution in [0.1, 0.15) is 65.7 Å². The van der Waals surface area contributed by atoms with Crippen LogP contribution in [0, 0.1) is 17.8 Å². The van der Waals surface area contributed by atoms with E-state index in [9.17, 15) is 5.11 Å². The van der Waals surface area contributed by atoms with E-state index in [-0.39, 0.29) is 6.10 Å². The highest BCUT2D eigenvalue weighted by Gasteiger charge is 2.30. The van der Waals surface area contributed by atoms with Crippen LogP contribution in [0.15, 0.2) is 0 Å². The Labute approximate surface area is 130 Å². The summed E-state index contributed by atoms with van der Waals surface area (Å²) in [5.74, 6) is 2.24. The van der Waals surface area contributed by atoms with Gasteiger partial charge in [0.05, 0.1) is 18.8 Å². The summed E-state index contributed by atoms with van der Waals surface area (Å²) in [5.41, 5.74) is 0. The molecule has 0 amide bonds. The van der Waals surface area contributed by atoms with Gasteiger partial charge in [0.25, 0.3) is 0 Å². The molecule has 2 fully saturated rings. The number of rotatable bonds is 7. The molecule has 0 aliphatic heterocycles. The van der Waals surface area contributed by atoms with Crippen LogP contribution in [0.5, 0.6) is 0 Å². The lowest BCUT2D eigenvalue weighted by molar-refractivity contribution is -0.0505. The topological polar surface area (TPSA) is 41.5 Å². The van der Waals surface area contributed by atoms with Gasteiger partial charge >= 0.3 is 0 Å². The first kappa shape index (κ1) is 17.2. The summed E-state index contributed by atoms with van der Waals surface area (Å²) in [7, 11) is 0. The summed E-state index contributed by atoms with van der Waals surface area (Å²) in [6, 6.07) is 0.577. The van der Waals surface area contributed by atoms with Gasteiger partial charge in [-0.15, -0.1) is 0 Å². The highest BCUT2D eigenvalue weighted by Crippen LogP contribution is 2.31. The van der Waals surface area contributed by atoms with Crippen molar-refractivity contribution in [3.8, 4) is 0 Å². The number of hydrogen-bond acceptors (Lipinski definition) is 3. The van der Waals surface area contributed by atoms with Gasteiger partial charge in [-0.1, -0.05) is 40.0 Å². The summed E-state index contributed by atoms with van der Waals surface area (Å²) in [6.45, 7) is 8.08. The predicted octanol–water partition coefficient (Wildman–Crippen LogP) is 3.36. The highest BCUT2D eigenvalue weighted by atomic mass is 16.5. The lowest BCUT2D eigenvalue weighted by Gasteiger charge is -2.31. The van der Waals surface area contributed by atoms with E-state index < -0.39 is 0 Å². The number of aliphatic hydroxyl groups excluding tert-OH is 1. The fourth-order valence-corrected chi connectivity index (χ4v) is 4.09. The van der Waals surface area contributed by atoms with Crippen molar-refractivity contribution in [2.24, 2.45) is 17.8 Å². The smallest absolute Gasteiger partial charge is 0.0897 e. The third-order valence-corrected chi connectivity index (χ3v) is 5.95. The van der Waals surface area contributed by atoms with E-state index >= 15 is 0 Å². The molecule has 2 aliphatic carbocycles. The van der Waals surface area contributed by atoms with Crippen molar-refractivity contribution in [3.05, 3.63) is 0 Å². The standard InChI is InChI=1S/C18H35NO2/c1-4-15-7-5-6-8-18(15)21-12-16(20)11-19-17-10-9-13(2)14(17)3/h13-20H,4-12H2,1-3H3. The highest BCUT2D eigenvalue weighted by molar-refractivity contribution is 4.85. The van der Waals surface area contributed by atoms with Crippen molar-refractivity contribution >= 4 is 0 Å². The minimum absolute atomic E-state index is 0.368. The second-order valence-corrected chi connectivity index (χ2v) is 7.41. The van der Waals surface area contributed by atoms with Crippen LogP contribution >= 0.6 is 0 Å². The van der Waals surface area contributed by atoms with Crippen molar-refractivity contribution in [2.45, 2.75) is 84.0 Å². The van der Waals surface area contributed by atoms with Gasteiger partial charge in [0.15, 0.2) is 0 Å². The van der Waals surface area contributed by atoms with Crippen molar-refractivity contribution in [3.63, 3.8) is 0 Å². The lowest BCUT2D eigenvalue weighted by atomic mass is 9.85. The van der Waals surface area contributed by atoms with E-state index in [2.05, 4.69) is 26.1 Å². The Balaban J connectivity index is 1.64. The molecular formula is C18H35NO2. The molecule has 2 saturated carbocycles. The maximum Gasteiger partial charge on any atom is 0.0897 e. The molecule has 0 radical (unpaired) electrons. The molecule has 0 aromatic carbocycles. The summed E-state index contributed by atoms with van der Waals surface area (Å²) >= 11 is 0. The Morgan fingerprint density at radius 2 is 1.90 bits per heavy atom. The van der Waals surface area contributed by atoms with Gasteiger partial charge in [-0.25, -0.2) is 0 Å². The monoisotopic (exact) mass is 297 g/mol. The van der Waals surface area contributed by atoms with Crippen LogP contribution < -0.4 is 5.32 Å². The molecule has 0 saturated heterocycles. The molecule has 3 heteroatoms. The molecule has 0 bridgehead atoms. The Kier molecular flexibility index (Phi) is 6.97. The van der Waals surface area contributed by atoms with E-state index in [4.69, 9.17) is 4.74 Å². The molecular weight excluding hydrogens is 262 g/mol. The van der Waals surface area contributed by atoms with Gasteiger partial charge in [-0.2, -0.15) is 0 Å². The van der Waals surface area contributed by atoms with E-state index in [0.29, 0.717) is 31.2 Å². The fourth-order valence-electron chi connectivity index (χ4n) is 4.09. The second kappa shape index (κ2) is 8.50. The normalized spacial score (nSPS) is 38.6. The summed E-state index contributed by atoms with van der Waals surface area (Å²) in [5, 5.41) is 13.7. The zero-order valence-electron chi connectivity index (χ0n) is 14.2. The first-order valence-electron chi connectivity index (χ1n) is 9.14. The van der Waals surface area contributed by atoms with Crippen molar-refractivity contribution in [1.29, 1.82) is 0 Å². The molecule has 2 N–H and O–H groups in total. The average molecular weight is 297 g/mol. The SMILES string of the molecule is CCC1CCCCC1OCC(O)CNC1CCC(C)C1C. The van der Waals surface area contributed by atoms with Gasteiger partial charge in [0, 0.05) is 12.6 Å². The molecule has 2 rings (SSSR count). The third-order valence-electron chi connectivity index (χ3n) is 5.95.